The number of aliphatic hydroxyl groups excluding tert-OH is 1. The molecule has 154 valence electrons. The molecule has 1 amide bonds. The summed E-state index contributed by atoms with van der Waals surface area (Å²) < 4.78 is 14.5. The van der Waals surface area contributed by atoms with Crippen molar-refractivity contribution in [3.63, 3.8) is 0 Å². The second kappa shape index (κ2) is 11.0. The fraction of sp³-hybridized carbons (Fsp3) is 0.611. The molecular weight excluding hydrogens is 394 g/mol. The molecule has 2 aliphatic rings. The van der Waals surface area contributed by atoms with Gasteiger partial charge in [-0.1, -0.05) is 6.92 Å². The Kier molecular flexibility index (Phi) is 9.76. The molecule has 1 aromatic carbocycles. The summed E-state index contributed by atoms with van der Waals surface area (Å²) in [4.78, 5) is 16.6. The van der Waals surface area contributed by atoms with E-state index < -0.39 is 6.10 Å². The van der Waals surface area contributed by atoms with Gasteiger partial charge in [-0.15, -0.1) is 24.8 Å². The summed E-state index contributed by atoms with van der Waals surface area (Å²) in [5.41, 5.74) is 0.872. The highest BCUT2D eigenvalue weighted by Gasteiger charge is 2.25. The summed E-state index contributed by atoms with van der Waals surface area (Å²) in [5.74, 6) is -0.663. The number of carbonyl (C=O) groups excluding carboxylic acids is 1. The van der Waals surface area contributed by atoms with Crippen LogP contribution in [-0.2, 0) is 0 Å². The predicted octanol–water partition coefficient (Wildman–Crippen LogP) is 1.12. The van der Waals surface area contributed by atoms with E-state index in [1.165, 1.54) is 6.07 Å². The lowest BCUT2D eigenvalue weighted by Gasteiger charge is -2.35. The van der Waals surface area contributed by atoms with Gasteiger partial charge in [-0.25, -0.2) is 4.39 Å². The highest BCUT2D eigenvalue weighted by Crippen LogP contribution is 2.22. The van der Waals surface area contributed by atoms with E-state index in [-0.39, 0.29) is 42.5 Å². The number of amides is 1. The van der Waals surface area contributed by atoms with E-state index in [1.807, 2.05) is 4.90 Å². The normalized spacial score (nSPS) is 22.7. The van der Waals surface area contributed by atoms with E-state index in [2.05, 4.69) is 22.5 Å². The molecule has 2 saturated heterocycles. The monoisotopic (exact) mass is 422 g/mol. The first-order valence-electron chi connectivity index (χ1n) is 9.02. The van der Waals surface area contributed by atoms with Gasteiger partial charge in [0.2, 0.25) is 0 Å². The van der Waals surface area contributed by atoms with E-state index >= 15 is 0 Å². The van der Waals surface area contributed by atoms with Crippen molar-refractivity contribution in [3.05, 3.63) is 29.6 Å². The number of hydrogen-bond acceptors (Lipinski definition) is 5. The zero-order valence-electron chi connectivity index (χ0n) is 15.5. The lowest BCUT2D eigenvalue weighted by atomic mass is 10.1. The second-order valence-corrected chi connectivity index (χ2v) is 6.78. The fourth-order valence-electron chi connectivity index (χ4n) is 3.46. The molecule has 27 heavy (non-hydrogen) atoms. The average Bonchev–Trinajstić information content (AvgIpc) is 3.04. The van der Waals surface area contributed by atoms with Crippen LogP contribution in [0.3, 0.4) is 0 Å². The minimum absolute atomic E-state index is 0. The third-order valence-corrected chi connectivity index (χ3v) is 5.20. The Labute approximate surface area is 172 Å². The zero-order chi connectivity index (χ0) is 17.8. The third kappa shape index (κ3) is 5.93. The van der Waals surface area contributed by atoms with Gasteiger partial charge >= 0.3 is 0 Å². The van der Waals surface area contributed by atoms with Crippen LogP contribution in [-0.4, -0.2) is 74.4 Å². The first-order chi connectivity index (χ1) is 12.1. The van der Waals surface area contributed by atoms with Gasteiger partial charge in [0, 0.05) is 57.3 Å². The molecule has 0 saturated carbocycles. The molecule has 0 aromatic heterocycles. The van der Waals surface area contributed by atoms with Crippen molar-refractivity contribution in [3.8, 4) is 0 Å². The first-order valence-corrected chi connectivity index (χ1v) is 9.02. The van der Waals surface area contributed by atoms with Crippen LogP contribution in [0.4, 0.5) is 10.1 Å². The number of nitrogens with one attached hydrogen (secondary N) is 2. The Morgan fingerprint density at radius 3 is 2.52 bits per heavy atom. The number of carbonyl (C=O) groups is 1. The molecule has 3 N–H and O–H groups in total. The van der Waals surface area contributed by atoms with Crippen LogP contribution >= 0.6 is 24.8 Å². The van der Waals surface area contributed by atoms with Gasteiger partial charge in [-0.3, -0.25) is 4.79 Å². The largest absolute Gasteiger partial charge is 0.391 e. The quantitative estimate of drug-likeness (QED) is 0.663. The maximum Gasteiger partial charge on any atom is 0.251 e. The second-order valence-electron chi connectivity index (χ2n) is 6.78. The summed E-state index contributed by atoms with van der Waals surface area (Å²) in [6.07, 6.45) is -0.443. The number of nitrogens with zero attached hydrogens (tertiary/aromatic N) is 2. The van der Waals surface area contributed by atoms with Crippen molar-refractivity contribution in [2.45, 2.75) is 13.0 Å². The Balaban J connectivity index is 0.00000182. The van der Waals surface area contributed by atoms with Gasteiger partial charge in [-0.2, -0.15) is 0 Å². The smallest absolute Gasteiger partial charge is 0.251 e. The Morgan fingerprint density at radius 2 is 1.96 bits per heavy atom. The average molecular weight is 423 g/mol. The molecule has 2 aliphatic heterocycles. The van der Waals surface area contributed by atoms with Crippen molar-refractivity contribution in [2.75, 3.05) is 57.3 Å². The van der Waals surface area contributed by atoms with E-state index in [1.54, 1.807) is 12.1 Å². The van der Waals surface area contributed by atoms with Crippen molar-refractivity contribution < 1.29 is 14.3 Å². The van der Waals surface area contributed by atoms with E-state index in [9.17, 15) is 14.3 Å². The van der Waals surface area contributed by atoms with Crippen LogP contribution in [0.5, 0.6) is 0 Å². The number of hydrogen-bond donors (Lipinski definition) is 3. The summed E-state index contributed by atoms with van der Waals surface area (Å²) >= 11 is 0. The first kappa shape index (κ1) is 23.9. The lowest BCUT2D eigenvalue weighted by molar-refractivity contribution is 0.0926. The Hall–Kier alpha value is -1.12. The maximum absolute atomic E-state index is 14.5. The molecule has 3 rings (SSSR count). The van der Waals surface area contributed by atoms with Crippen LogP contribution in [0.1, 0.15) is 17.3 Å². The highest BCUT2D eigenvalue weighted by atomic mass is 35.5. The van der Waals surface area contributed by atoms with Gasteiger partial charge in [0.05, 0.1) is 11.8 Å². The SMILES string of the molecule is CCN1CCN(c2ccc(C(=O)NCC3CNCC3O)cc2F)CC1.Cl.Cl. The molecule has 0 bridgehead atoms. The van der Waals surface area contributed by atoms with Crippen molar-refractivity contribution in [2.24, 2.45) is 5.92 Å². The van der Waals surface area contributed by atoms with Gasteiger partial charge in [0.15, 0.2) is 0 Å². The number of anilines is 1. The minimum atomic E-state index is -0.443. The fourth-order valence-corrected chi connectivity index (χ4v) is 3.46. The number of rotatable bonds is 5. The number of benzene rings is 1. The number of piperazine rings is 1. The zero-order valence-corrected chi connectivity index (χ0v) is 17.1. The Bertz CT molecular complexity index is 615. The molecule has 0 spiro atoms. The van der Waals surface area contributed by atoms with Gasteiger partial charge < -0.3 is 25.5 Å². The van der Waals surface area contributed by atoms with Crippen LogP contribution in [0, 0.1) is 11.7 Å². The van der Waals surface area contributed by atoms with Gasteiger partial charge in [0.1, 0.15) is 5.82 Å². The number of halogens is 3. The maximum atomic E-state index is 14.5. The lowest BCUT2D eigenvalue weighted by Crippen LogP contribution is -2.46. The van der Waals surface area contributed by atoms with Crippen molar-refractivity contribution >= 4 is 36.4 Å². The highest BCUT2D eigenvalue weighted by molar-refractivity contribution is 5.94. The molecule has 6 nitrogen and oxygen atoms in total. The van der Waals surface area contributed by atoms with E-state index in [0.717, 1.165) is 32.7 Å². The third-order valence-electron chi connectivity index (χ3n) is 5.20. The molecule has 0 radical (unpaired) electrons. The van der Waals surface area contributed by atoms with Crippen LogP contribution in [0.2, 0.25) is 0 Å². The van der Waals surface area contributed by atoms with Crippen LogP contribution < -0.4 is 15.5 Å². The minimum Gasteiger partial charge on any atom is -0.391 e. The Morgan fingerprint density at radius 1 is 1.26 bits per heavy atom. The molecule has 2 heterocycles. The molecular formula is C18H29Cl2FN4O2. The topological polar surface area (TPSA) is 67.8 Å². The van der Waals surface area contributed by atoms with Crippen molar-refractivity contribution in [1.29, 1.82) is 0 Å². The number of aliphatic hydroxyl groups is 1. The predicted molar refractivity (Wildman–Crippen MR) is 110 cm³/mol. The van der Waals surface area contributed by atoms with E-state index in [4.69, 9.17) is 0 Å². The summed E-state index contributed by atoms with van der Waals surface area (Å²) in [7, 11) is 0. The van der Waals surface area contributed by atoms with Gasteiger partial charge in [0.25, 0.3) is 5.91 Å². The summed E-state index contributed by atoms with van der Waals surface area (Å²) in [6, 6.07) is 4.67. The summed E-state index contributed by atoms with van der Waals surface area (Å²) in [6.45, 7) is 8.20. The van der Waals surface area contributed by atoms with Crippen molar-refractivity contribution in [1.82, 2.24) is 15.5 Å². The molecule has 0 aliphatic carbocycles. The van der Waals surface area contributed by atoms with Crippen LogP contribution in [0.15, 0.2) is 18.2 Å². The van der Waals surface area contributed by atoms with Gasteiger partial charge in [-0.05, 0) is 24.7 Å². The molecule has 9 heteroatoms. The molecule has 1 aromatic rings. The number of β-amino-alcohol motifs (C(OH)–C–C–N with tert-alkyl or cyclic N) is 1. The molecule has 2 fully saturated rings. The molecule has 2 unspecified atom stereocenters. The van der Waals surface area contributed by atoms with Crippen LogP contribution in [0.25, 0.3) is 0 Å². The van der Waals surface area contributed by atoms with E-state index in [0.29, 0.717) is 30.9 Å². The number of likely N-dealkylation sites (N-methyl/N-ethyl adjacent to an activating group) is 1. The summed E-state index contributed by atoms with van der Waals surface area (Å²) in [5, 5.41) is 15.6. The standard InChI is InChI=1S/C18H27FN4O2.2ClH/c1-2-22-5-7-23(8-6-22)16-4-3-13(9-15(16)19)18(25)21-11-14-10-20-12-17(14)24;;/h3-4,9,14,17,20,24H,2,5-8,10-12H2,1H3,(H,21,25);2*1H. The molecule has 2 atom stereocenters.